The summed E-state index contributed by atoms with van der Waals surface area (Å²) in [6.45, 7) is 2.93. The second kappa shape index (κ2) is 5.87. The van der Waals surface area contributed by atoms with E-state index in [-0.39, 0.29) is 6.04 Å². The molecule has 0 aliphatic rings. The van der Waals surface area contributed by atoms with Gasteiger partial charge in [0.2, 0.25) is 0 Å². The summed E-state index contributed by atoms with van der Waals surface area (Å²) in [6, 6.07) is 10.6. The SMILES string of the molecule is C[C@@H](N)c1ccc(N(C)Cc2cccs2)cc1Br. The Kier molecular flexibility index (Phi) is 4.43. The molecule has 0 bridgehead atoms. The zero-order valence-electron chi connectivity index (χ0n) is 10.6. The van der Waals surface area contributed by atoms with Crippen LogP contribution in [0.15, 0.2) is 40.2 Å². The zero-order valence-corrected chi connectivity index (χ0v) is 13.0. The molecule has 1 aromatic carbocycles. The lowest BCUT2D eigenvalue weighted by Crippen LogP contribution is -2.16. The van der Waals surface area contributed by atoms with Crippen LogP contribution < -0.4 is 10.6 Å². The van der Waals surface area contributed by atoms with Crippen LogP contribution in [0.2, 0.25) is 0 Å². The minimum Gasteiger partial charge on any atom is -0.369 e. The maximum absolute atomic E-state index is 5.91. The van der Waals surface area contributed by atoms with Gasteiger partial charge in [0.1, 0.15) is 0 Å². The maximum atomic E-state index is 5.91. The Morgan fingerprint density at radius 1 is 1.39 bits per heavy atom. The third kappa shape index (κ3) is 3.13. The molecule has 18 heavy (non-hydrogen) atoms. The Morgan fingerprint density at radius 3 is 2.72 bits per heavy atom. The van der Waals surface area contributed by atoms with E-state index in [0.717, 1.165) is 16.6 Å². The number of halogens is 1. The molecule has 96 valence electrons. The Hall–Kier alpha value is -0.840. The van der Waals surface area contributed by atoms with Crippen LogP contribution in [0, 0.1) is 0 Å². The van der Waals surface area contributed by atoms with Crippen molar-refractivity contribution in [2.45, 2.75) is 19.5 Å². The molecule has 0 radical (unpaired) electrons. The second-order valence-corrected chi connectivity index (χ2v) is 6.32. The first-order chi connectivity index (χ1) is 8.58. The molecule has 2 aromatic rings. The lowest BCUT2D eigenvalue weighted by Gasteiger charge is -2.20. The van der Waals surface area contributed by atoms with Crippen molar-refractivity contribution in [3.8, 4) is 0 Å². The fraction of sp³-hybridized carbons (Fsp3) is 0.286. The highest BCUT2D eigenvalue weighted by Crippen LogP contribution is 2.28. The molecule has 4 heteroatoms. The van der Waals surface area contributed by atoms with Crippen LogP contribution >= 0.6 is 27.3 Å². The first kappa shape index (κ1) is 13.6. The van der Waals surface area contributed by atoms with Crippen molar-refractivity contribution in [3.63, 3.8) is 0 Å². The van der Waals surface area contributed by atoms with Crippen LogP contribution in [-0.2, 0) is 6.54 Å². The minimum absolute atomic E-state index is 0.0519. The van der Waals surface area contributed by atoms with Crippen LogP contribution in [0.5, 0.6) is 0 Å². The Labute approximate surface area is 121 Å². The molecule has 0 saturated carbocycles. The third-order valence-electron chi connectivity index (χ3n) is 2.89. The first-order valence-electron chi connectivity index (χ1n) is 5.86. The van der Waals surface area contributed by atoms with Crippen LogP contribution in [0.1, 0.15) is 23.4 Å². The lowest BCUT2D eigenvalue weighted by molar-refractivity contribution is 0.812. The number of nitrogens with zero attached hydrogens (tertiary/aromatic N) is 1. The van der Waals surface area contributed by atoms with E-state index >= 15 is 0 Å². The Balaban J connectivity index is 2.16. The van der Waals surface area contributed by atoms with Gasteiger partial charge < -0.3 is 10.6 Å². The summed E-state index contributed by atoms with van der Waals surface area (Å²) in [7, 11) is 2.10. The fourth-order valence-corrected chi connectivity index (χ4v) is 3.34. The average molecular weight is 325 g/mol. The highest BCUT2D eigenvalue weighted by Gasteiger charge is 2.08. The quantitative estimate of drug-likeness (QED) is 0.914. The summed E-state index contributed by atoms with van der Waals surface area (Å²) in [6.07, 6.45) is 0. The number of anilines is 1. The topological polar surface area (TPSA) is 29.3 Å². The van der Waals surface area contributed by atoms with Crippen LogP contribution in [-0.4, -0.2) is 7.05 Å². The van der Waals surface area contributed by atoms with Crippen molar-refractivity contribution < 1.29 is 0 Å². The van der Waals surface area contributed by atoms with Crippen molar-refractivity contribution in [2.24, 2.45) is 5.73 Å². The summed E-state index contributed by atoms with van der Waals surface area (Å²) in [5, 5.41) is 2.11. The summed E-state index contributed by atoms with van der Waals surface area (Å²) < 4.78 is 1.08. The van der Waals surface area contributed by atoms with Crippen molar-refractivity contribution in [2.75, 3.05) is 11.9 Å². The van der Waals surface area contributed by atoms with Gasteiger partial charge in [0.05, 0.1) is 6.54 Å². The number of thiophene rings is 1. The highest BCUT2D eigenvalue weighted by molar-refractivity contribution is 9.10. The van der Waals surface area contributed by atoms with Gasteiger partial charge in [-0.1, -0.05) is 28.1 Å². The molecule has 2 N–H and O–H groups in total. The van der Waals surface area contributed by atoms with Crippen LogP contribution in [0.3, 0.4) is 0 Å². The molecule has 0 saturated heterocycles. The largest absolute Gasteiger partial charge is 0.369 e. The molecule has 2 rings (SSSR count). The zero-order chi connectivity index (χ0) is 13.1. The van der Waals surface area contributed by atoms with Crippen molar-refractivity contribution in [3.05, 3.63) is 50.6 Å². The van der Waals surface area contributed by atoms with Gasteiger partial charge in [-0.15, -0.1) is 11.3 Å². The highest BCUT2D eigenvalue weighted by atomic mass is 79.9. The standard InChI is InChI=1S/C14H17BrN2S/c1-10(16)13-6-5-11(8-14(13)15)17(2)9-12-4-3-7-18-12/h3-8,10H,9,16H2,1-2H3/t10-/m1/s1. The smallest absolute Gasteiger partial charge is 0.0519 e. The van der Waals surface area contributed by atoms with Gasteiger partial charge in [-0.25, -0.2) is 0 Å². The van der Waals surface area contributed by atoms with E-state index in [0.29, 0.717) is 0 Å². The van der Waals surface area contributed by atoms with E-state index in [2.05, 4.69) is 63.6 Å². The molecule has 0 aliphatic heterocycles. The molecule has 0 amide bonds. The lowest BCUT2D eigenvalue weighted by atomic mass is 10.1. The number of hydrogen-bond acceptors (Lipinski definition) is 3. The van der Waals surface area contributed by atoms with Gasteiger partial charge in [0, 0.05) is 28.1 Å². The summed E-state index contributed by atoms with van der Waals surface area (Å²) >= 11 is 5.37. The molecule has 0 fully saturated rings. The van der Waals surface area contributed by atoms with Crippen molar-refractivity contribution in [1.29, 1.82) is 0 Å². The maximum Gasteiger partial charge on any atom is 0.0519 e. The molecule has 1 atom stereocenters. The number of benzene rings is 1. The minimum atomic E-state index is 0.0519. The van der Waals surface area contributed by atoms with E-state index in [9.17, 15) is 0 Å². The fourth-order valence-electron chi connectivity index (χ4n) is 1.85. The van der Waals surface area contributed by atoms with E-state index in [1.54, 1.807) is 11.3 Å². The van der Waals surface area contributed by atoms with E-state index < -0.39 is 0 Å². The summed E-state index contributed by atoms with van der Waals surface area (Å²) in [5.41, 5.74) is 8.24. The van der Waals surface area contributed by atoms with E-state index in [1.165, 1.54) is 10.6 Å². The predicted octanol–water partition coefficient (Wildman–Crippen LogP) is 4.17. The molecule has 0 spiro atoms. The monoisotopic (exact) mass is 324 g/mol. The average Bonchev–Trinajstić information content (AvgIpc) is 2.81. The molecular weight excluding hydrogens is 308 g/mol. The predicted molar refractivity (Wildman–Crippen MR) is 83.2 cm³/mol. The van der Waals surface area contributed by atoms with Gasteiger partial charge >= 0.3 is 0 Å². The molecule has 0 unspecified atom stereocenters. The number of rotatable bonds is 4. The van der Waals surface area contributed by atoms with Crippen LogP contribution in [0.4, 0.5) is 5.69 Å². The number of hydrogen-bond donors (Lipinski definition) is 1. The molecule has 1 heterocycles. The van der Waals surface area contributed by atoms with Gasteiger partial charge in [0.25, 0.3) is 0 Å². The second-order valence-electron chi connectivity index (χ2n) is 4.43. The van der Waals surface area contributed by atoms with Crippen molar-refractivity contribution in [1.82, 2.24) is 0 Å². The van der Waals surface area contributed by atoms with E-state index in [1.807, 2.05) is 6.92 Å². The normalized spacial score (nSPS) is 12.4. The van der Waals surface area contributed by atoms with Gasteiger partial charge in [-0.2, -0.15) is 0 Å². The summed E-state index contributed by atoms with van der Waals surface area (Å²) in [5.74, 6) is 0. The van der Waals surface area contributed by atoms with Gasteiger partial charge in [-0.3, -0.25) is 0 Å². The van der Waals surface area contributed by atoms with Crippen LogP contribution in [0.25, 0.3) is 0 Å². The summed E-state index contributed by atoms with van der Waals surface area (Å²) in [4.78, 5) is 3.60. The van der Waals surface area contributed by atoms with Gasteiger partial charge in [0.15, 0.2) is 0 Å². The molecular formula is C14H17BrN2S. The first-order valence-corrected chi connectivity index (χ1v) is 7.53. The Morgan fingerprint density at radius 2 is 2.17 bits per heavy atom. The Bertz CT molecular complexity index is 509. The molecule has 0 aliphatic carbocycles. The van der Waals surface area contributed by atoms with Gasteiger partial charge in [-0.05, 0) is 36.1 Å². The number of nitrogens with two attached hydrogens (primary N) is 1. The van der Waals surface area contributed by atoms with Crippen molar-refractivity contribution >= 4 is 33.0 Å². The third-order valence-corrected chi connectivity index (χ3v) is 4.44. The van der Waals surface area contributed by atoms with E-state index in [4.69, 9.17) is 5.73 Å². The molecule has 1 aromatic heterocycles. The molecule has 2 nitrogen and oxygen atoms in total.